The molecule has 0 amide bonds. The summed E-state index contributed by atoms with van der Waals surface area (Å²) in [4.78, 5) is 16.5. The minimum Gasteiger partial charge on any atom is -0.376 e. The van der Waals surface area contributed by atoms with Crippen LogP contribution < -0.4 is 10.9 Å². The fraction of sp³-hybridized carbons (Fsp3) is 0.692. The van der Waals surface area contributed by atoms with Gasteiger partial charge in [0.05, 0.1) is 12.1 Å². The predicted octanol–water partition coefficient (Wildman–Crippen LogP) is 1.59. The van der Waals surface area contributed by atoms with Crippen molar-refractivity contribution in [3.05, 3.63) is 22.7 Å². The molecule has 0 spiro atoms. The summed E-state index contributed by atoms with van der Waals surface area (Å²) in [6.07, 6.45) is 4.42. The predicted molar refractivity (Wildman–Crippen MR) is 70.9 cm³/mol. The van der Waals surface area contributed by atoms with Crippen LogP contribution in [0.2, 0.25) is 0 Å². The number of ether oxygens (including phenoxy) is 1. The lowest BCUT2D eigenvalue weighted by Gasteiger charge is -2.23. The summed E-state index contributed by atoms with van der Waals surface area (Å²) < 4.78 is 7.17. The van der Waals surface area contributed by atoms with Gasteiger partial charge in [0.15, 0.2) is 5.82 Å². The Kier molecular flexibility index (Phi) is 3.43. The number of nitrogens with zero attached hydrogens (tertiary/aromatic N) is 2. The second kappa shape index (κ2) is 4.72. The molecule has 18 heavy (non-hydrogen) atoms. The molecule has 2 rings (SSSR count). The van der Waals surface area contributed by atoms with E-state index in [-0.39, 0.29) is 23.2 Å². The average molecular weight is 251 g/mol. The molecule has 0 bridgehead atoms. The SMILES string of the molecule is CC1OCCC1Nc1nccn(C(C)(C)C)c1=O. The lowest BCUT2D eigenvalue weighted by molar-refractivity contribution is 0.121. The second-order valence-corrected chi connectivity index (χ2v) is 5.74. The topological polar surface area (TPSA) is 56.1 Å². The van der Waals surface area contributed by atoms with Gasteiger partial charge in [-0.3, -0.25) is 4.79 Å². The molecule has 5 nitrogen and oxygen atoms in total. The van der Waals surface area contributed by atoms with Crippen molar-refractivity contribution in [3.63, 3.8) is 0 Å². The molecular weight excluding hydrogens is 230 g/mol. The minimum absolute atomic E-state index is 0.0795. The largest absolute Gasteiger partial charge is 0.376 e. The van der Waals surface area contributed by atoms with Crippen LogP contribution in [0.4, 0.5) is 5.82 Å². The van der Waals surface area contributed by atoms with Crippen molar-refractivity contribution in [2.24, 2.45) is 0 Å². The van der Waals surface area contributed by atoms with Crippen molar-refractivity contribution in [2.75, 3.05) is 11.9 Å². The van der Waals surface area contributed by atoms with Crippen molar-refractivity contribution in [3.8, 4) is 0 Å². The van der Waals surface area contributed by atoms with E-state index in [1.165, 1.54) is 0 Å². The van der Waals surface area contributed by atoms with E-state index < -0.39 is 0 Å². The quantitative estimate of drug-likeness (QED) is 0.867. The molecule has 1 fully saturated rings. The molecule has 2 unspecified atom stereocenters. The molecule has 1 aromatic rings. The number of nitrogens with one attached hydrogen (secondary N) is 1. The smallest absolute Gasteiger partial charge is 0.293 e. The molecule has 1 N–H and O–H groups in total. The van der Waals surface area contributed by atoms with E-state index in [0.29, 0.717) is 5.82 Å². The van der Waals surface area contributed by atoms with Gasteiger partial charge >= 0.3 is 0 Å². The highest BCUT2D eigenvalue weighted by molar-refractivity contribution is 5.33. The van der Waals surface area contributed by atoms with Crippen LogP contribution >= 0.6 is 0 Å². The Labute approximate surface area is 107 Å². The van der Waals surface area contributed by atoms with Gasteiger partial charge in [0.25, 0.3) is 5.56 Å². The van der Waals surface area contributed by atoms with Crippen molar-refractivity contribution in [1.29, 1.82) is 0 Å². The summed E-state index contributed by atoms with van der Waals surface area (Å²) in [7, 11) is 0. The molecule has 0 aromatic carbocycles. The molecule has 1 aromatic heterocycles. The Hall–Kier alpha value is -1.36. The Morgan fingerprint density at radius 2 is 2.22 bits per heavy atom. The lowest BCUT2D eigenvalue weighted by atomic mass is 10.1. The Morgan fingerprint density at radius 1 is 1.50 bits per heavy atom. The van der Waals surface area contributed by atoms with Gasteiger partial charge in [-0.15, -0.1) is 0 Å². The molecule has 2 atom stereocenters. The van der Waals surface area contributed by atoms with Crippen LogP contribution in [0.1, 0.15) is 34.1 Å². The molecule has 5 heteroatoms. The third-order valence-electron chi connectivity index (χ3n) is 3.26. The van der Waals surface area contributed by atoms with E-state index in [4.69, 9.17) is 4.74 Å². The first-order chi connectivity index (χ1) is 8.39. The minimum atomic E-state index is -0.242. The summed E-state index contributed by atoms with van der Waals surface area (Å²) in [6.45, 7) is 8.74. The Bertz CT molecular complexity index is 476. The standard InChI is InChI=1S/C13H21N3O2/c1-9-10(5-8-18-9)15-11-12(17)16(7-6-14-11)13(2,3)4/h6-7,9-10H,5,8H2,1-4H3,(H,14,15). The van der Waals surface area contributed by atoms with Crippen LogP contribution in [-0.4, -0.2) is 28.3 Å². The monoisotopic (exact) mass is 251 g/mol. The van der Waals surface area contributed by atoms with Gasteiger partial charge in [-0.2, -0.15) is 0 Å². The summed E-state index contributed by atoms with van der Waals surface area (Å²) in [5.41, 5.74) is -0.321. The van der Waals surface area contributed by atoms with Crippen LogP contribution in [0, 0.1) is 0 Å². The van der Waals surface area contributed by atoms with E-state index in [1.807, 2.05) is 27.7 Å². The number of rotatable bonds is 2. The summed E-state index contributed by atoms with van der Waals surface area (Å²) in [5, 5.41) is 3.20. The van der Waals surface area contributed by atoms with Gasteiger partial charge in [0.2, 0.25) is 0 Å². The van der Waals surface area contributed by atoms with Gasteiger partial charge in [-0.1, -0.05) is 0 Å². The number of aromatic nitrogens is 2. The highest BCUT2D eigenvalue weighted by atomic mass is 16.5. The summed E-state index contributed by atoms with van der Waals surface area (Å²) in [6, 6.07) is 0.168. The van der Waals surface area contributed by atoms with Crippen molar-refractivity contribution in [2.45, 2.75) is 51.8 Å². The van der Waals surface area contributed by atoms with Crippen LogP contribution in [0.15, 0.2) is 17.2 Å². The van der Waals surface area contributed by atoms with Gasteiger partial charge < -0.3 is 14.6 Å². The van der Waals surface area contributed by atoms with Crippen LogP contribution in [0.5, 0.6) is 0 Å². The van der Waals surface area contributed by atoms with E-state index >= 15 is 0 Å². The van der Waals surface area contributed by atoms with Crippen molar-refractivity contribution < 1.29 is 4.74 Å². The molecule has 1 aliphatic heterocycles. The summed E-state index contributed by atoms with van der Waals surface area (Å²) in [5.74, 6) is 0.412. The Balaban J connectivity index is 2.27. The van der Waals surface area contributed by atoms with E-state index in [9.17, 15) is 4.79 Å². The van der Waals surface area contributed by atoms with E-state index in [0.717, 1.165) is 13.0 Å². The fourth-order valence-corrected chi connectivity index (χ4v) is 2.14. The molecule has 2 heterocycles. The van der Waals surface area contributed by atoms with Crippen LogP contribution in [0.25, 0.3) is 0 Å². The first-order valence-corrected chi connectivity index (χ1v) is 6.36. The van der Waals surface area contributed by atoms with Gasteiger partial charge in [-0.25, -0.2) is 4.98 Å². The maximum absolute atomic E-state index is 12.3. The zero-order valence-electron chi connectivity index (χ0n) is 11.4. The van der Waals surface area contributed by atoms with Gasteiger partial charge in [-0.05, 0) is 34.1 Å². The third-order valence-corrected chi connectivity index (χ3v) is 3.26. The van der Waals surface area contributed by atoms with Gasteiger partial charge in [0, 0.05) is 24.5 Å². The fourth-order valence-electron chi connectivity index (χ4n) is 2.14. The number of hydrogen-bond donors (Lipinski definition) is 1. The molecule has 100 valence electrons. The highest BCUT2D eigenvalue weighted by Crippen LogP contribution is 2.16. The third kappa shape index (κ3) is 2.56. The maximum atomic E-state index is 12.3. The number of hydrogen-bond acceptors (Lipinski definition) is 4. The number of anilines is 1. The normalized spacial score (nSPS) is 24.2. The van der Waals surface area contributed by atoms with Crippen LogP contribution in [0.3, 0.4) is 0 Å². The first-order valence-electron chi connectivity index (χ1n) is 6.36. The summed E-state index contributed by atoms with van der Waals surface area (Å²) >= 11 is 0. The molecule has 0 aliphatic carbocycles. The zero-order chi connectivity index (χ0) is 13.3. The molecule has 0 saturated carbocycles. The van der Waals surface area contributed by atoms with E-state index in [1.54, 1.807) is 17.0 Å². The van der Waals surface area contributed by atoms with Crippen LogP contribution in [-0.2, 0) is 10.3 Å². The maximum Gasteiger partial charge on any atom is 0.293 e. The zero-order valence-corrected chi connectivity index (χ0v) is 11.4. The highest BCUT2D eigenvalue weighted by Gasteiger charge is 2.26. The lowest BCUT2D eigenvalue weighted by Crippen LogP contribution is -2.37. The molecular formula is C13H21N3O2. The molecule has 1 aliphatic rings. The Morgan fingerprint density at radius 3 is 2.78 bits per heavy atom. The van der Waals surface area contributed by atoms with E-state index in [2.05, 4.69) is 10.3 Å². The van der Waals surface area contributed by atoms with Crippen molar-refractivity contribution in [1.82, 2.24) is 9.55 Å². The van der Waals surface area contributed by atoms with Gasteiger partial charge in [0.1, 0.15) is 0 Å². The second-order valence-electron chi connectivity index (χ2n) is 5.74. The first kappa shape index (κ1) is 13.1. The van der Waals surface area contributed by atoms with Crippen molar-refractivity contribution >= 4 is 5.82 Å². The average Bonchev–Trinajstić information content (AvgIpc) is 2.66. The molecule has 1 saturated heterocycles. The molecule has 0 radical (unpaired) electrons.